The van der Waals surface area contributed by atoms with E-state index in [1.807, 2.05) is 60.7 Å². The molecule has 0 aliphatic carbocycles. The zero-order chi connectivity index (χ0) is 17.4. The molecule has 0 radical (unpaired) electrons. The van der Waals surface area contributed by atoms with Gasteiger partial charge in [0.05, 0.1) is 0 Å². The third-order valence-electron chi connectivity index (χ3n) is 4.09. The maximum Gasteiger partial charge on any atom is 0.509 e. The minimum atomic E-state index is -2.32. The molecular weight excluding hydrogens is 342 g/mol. The van der Waals surface area contributed by atoms with Gasteiger partial charge >= 0.3 is 16.1 Å². The van der Waals surface area contributed by atoms with Crippen molar-refractivity contribution in [1.82, 2.24) is 0 Å². The van der Waals surface area contributed by atoms with Crippen molar-refractivity contribution in [3.63, 3.8) is 0 Å². The minimum absolute atomic E-state index is 0.393. The van der Waals surface area contributed by atoms with Crippen molar-refractivity contribution in [3.05, 3.63) is 71.8 Å². The lowest BCUT2D eigenvalue weighted by Crippen LogP contribution is -2.13. The first-order chi connectivity index (χ1) is 11.6. The smallest absolute Gasteiger partial charge is 0.161 e. The van der Waals surface area contributed by atoms with Crippen molar-refractivity contribution in [2.24, 2.45) is 0 Å². The van der Waals surface area contributed by atoms with Crippen LogP contribution in [0.5, 0.6) is 0 Å². The molecule has 0 bridgehead atoms. The summed E-state index contributed by atoms with van der Waals surface area (Å²) in [5.74, 6) is 0. The third-order valence-corrected chi connectivity index (χ3v) is 6.22. The van der Waals surface area contributed by atoms with E-state index in [1.165, 1.54) is 0 Å². The van der Waals surface area contributed by atoms with Crippen LogP contribution < -0.4 is 0 Å². The highest BCUT2D eigenvalue weighted by molar-refractivity contribution is 7.39. The average Bonchev–Trinajstić information content (AvgIpc) is 2.58. The second kappa shape index (κ2) is 9.76. The Bertz CT molecular complexity index is 602. The van der Waals surface area contributed by atoms with E-state index in [4.69, 9.17) is 0 Å². The van der Waals surface area contributed by atoms with Gasteiger partial charge in [-0.3, -0.25) is 0 Å². The topological polar surface area (TPSA) is 74.6 Å². The van der Waals surface area contributed by atoms with Crippen LogP contribution in [0.3, 0.4) is 0 Å². The van der Waals surface area contributed by atoms with Gasteiger partial charge in [-0.05, 0) is 20.3 Å². The molecule has 4 unspecified atom stereocenters. The van der Waals surface area contributed by atoms with Gasteiger partial charge in [0, 0.05) is 25.7 Å². The van der Waals surface area contributed by atoms with Crippen LogP contribution in [0, 0.1) is 0 Å². The molecule has 24 heavy (non-hydrogen) atoms. The lowest BCUT2D eigenvalue weighted by molar-refractivity contribution is 0.463. The summed E-state index contributed by atoms with van der Waals surface area (Å²) >= 11 is 0. The Morgan fingerprint density at radius 2 is 1.00 bits per heavy atom. The Kier molecular flexibility index (Phi) is 7.68. The molecule has 2 aromatic rings. The number of hydrogen-bond acceptors (Lipinski definition) is 2. The molecule has 0 saturated heterocycles. The van der Waals surface area contributed by atoms with Crippen LogP contribution in [0.25, 0.3) is 0 Å². The lowest BCUT2D eigenvalue weighted by atomic mass is 10.0. The van der Waals surface area contributed by atoms with Gasteiger partial charge in [0.15, 0.2) is 11.3 Å². The van der Waals surface area contributed by atoms with Crippen molar-refractivity contribution < 1.29 is 18.9 Å². The summed E-state index contributed by atoms with van der Waals surface area (Å²) in [6.45, 7) is 0. The molecule has 4 nitrogen and oxygen atoms in total. The van der Waals surface area contributed by atoms with Gasteiger partial charge in [0.1, 0.15) is 0 Å². The molecule has 2 rings (SSSR count). The first-order valence-corrected chi connectivity index (χ1v) is 10.5. The molecule has 2 aromatic carbocycles. The van der Waals surface area contributed by atoms with Crippen LogP contribution in [0.15, 0.2) is 60.7 Å². The first-order valence-electron chi connectivity index (χ1n) is 7.94. The monoisotopic (exact) mass is 364 g/mol. The fourth-order valence-corrected chi connectivity index (χ4v) is 4.21. The molecule has 0 heterocycles. The van der Waals surface area contributed by atoms with Crippen LogP contribution in [0.1, 0.15) is 24.0 Å². The summed E-state index contributed by atoms with van der Waals surface area (Å²) < 4.78 is 23.3. The SMILES string of the molecule is O=[P+](O)C(CCC(Cc1ccccc1)[P+](=O)O)Cc1ccccc1. The summed E-state index contributed by atoms with van der Waals surface area (Å²) in [5, 5.41) is 0. The van der Waals surface area contributed by atoms with Crippen LogP contribution in [0.4, 0.5) is 0 Å². The number of benzene rings is 2. The minimum Gasteiger partial charge on any atom is -0.161 e. The van der Waals surface area contributed by atoms with Crippen molar-refractivity contribution in [3.8, 4) is 0 Å². The molecule has 0 amide bonds. The van der Waals surface area contributed by atoms with Crippen LogP contribution in [-0.4, -0.2) is 21.1 Å². The fourth-order valence-electron chi connectivity index (χ4n) is 2.74. The van der Waals surface area contributed by atoms with Gasteiger partial charge in [0.2, 0.25) is 0 Å². The molecule has 0 aromatic heterocycles. The third kappa shape index (κ3) is 6.22. The second-order valence-corrected chi connectivity index (χ2v) is 8.54. The standard InChI is InChI=1S/C18H20O4P2/c19-23(20)17(13-15-7-3-1-4-8-15)11-12-18(24(21)22)14-16-9-5-2-6-10-16/h1-10,17-18H,11-14H2/p+2. The molecular formula is C18H22O4P2+2. The van der Waals surface area contributed by atoms with Crippen molar-refractivity contribution >= 4 is 16.1 Å². The van der Waals surface area contributed by atoms with E-state index in [-0.39, 0.29) is 0 Å². The van der Waals surface area contributed by atoms with Crippen molar-refractivity contribution in [2.75, 3.05) is 0 Å². The average molecular weight is 364 g/mol. The van der Waals surface area contributed by atoms with Crippen molar-refractivity contribution in [2.45, 2.75) is 37.0 Å². The fraction of sp³-hybridized carbons (Fsp3) is 0.333. The normalized spacial score (nSPS) is 14.8. The molecule has 0 aliphatic rings. The summed E-state index contributed by atoms with van der Waals surface area (Å²) in [7, 11) is -4.65. The van der Waals surface area contributed by atoms with E-state index in [9.17, 15) is 18.9 Å². The summed E-state index contributed by atoms with van der Waals surface area (Å²) in [5.41, 5.74) is 1.23. The van der Waals surface area contributed by atoms with E-state index in [0.29, 0.717) is 25.7 Å². The number of rotatable bonds is 9. The Morgan fingerprint density at radius 1 is 0.667 bits per heavy atom. The summed E-state index contributed by atoms with van der Waals surface area (Å²) in [6.07, 6.45) is 1.93. The molecule has 2 N–H and O–H groups in total. The van der Waals surface area contributed by atoms with Gasteiger partial charge in [-0.1, -0.05) is 60.7 Å². The molecule has 126 valence electrons. The van der Waals surface area contributed by atoms with Crippen molar-refractivity contribution in [1.29, 1.82) is 0 Å². The molecule has 0 fully saturated rings. The molecule has 4 atom stereocenters. The molecule has 0 saturated carbocycles. The Labute approximate surface area is 144 Å². The summed E-state index contributed by atoms with van der Waals surface area (Å²) in [4.78, 5) is 19.2. The van der Waals surface area contributed by atoms with E-state index >= 15 is 0 Å². The maximum atomic E-state index is 11.7. The van der Waals surface area contributed by atoms with Crippen LogP contribution in [0.2, 0.25) is 0 Å². The summed E-state index contributed by atoms with van der Waals surface area (Å²) in [6, 6.07) is 19.1. The highest BCUT2D eigenvalue weighted by atomic mass is 31.1. The van der Waals surface area contributed by atoms with E-state index < -0.39 is 27.4 Å². The Balaban J connectivity index is 1.97. The molecule has 0 aliphatic heterocycles. The number of hydrogen-bond donors (Lipinski definition) is 2. The Hall–Kier alpha value is -1.44. The zero-order valence-corrected chi connectivity index (χ0v) is 15.2. The largest absolute Gasteiger partial charge is 0.509 e. The van der Waals surface area contributed by atoms with Gasteiger partial charge in [0.25, 0.3) is 0 Å². The lowest BCUT2D eigenvalue weighted by Gasteiger charge is -2.08. The van der Waals surface area contributed by atoms with Crippen LogP contribution in [-0.2, 0) is 22.0 Å². The highest BCUT2D eigenvalue weighted by Gasteiger charge is 2.35. The quantitative estimate of drug-likeness (QED) is 0.644. The van der Waals surface area contributed by atoms with E-state index in [1.54, 1.807) is 0 Å². The Morgan fingerprint density at radius 3 is 1.29 bits per heavy atom. The van der Waals surface area contributed by atoms with Crippen LogP contribution >= 0.6 is 16.1 Å². The first kappa shape index (κ1) is 18.9. The predicted octanol–water partition coefficient (Wildman–Crippen LogP) is 4.46. The predicted molar refractivity (Wildman–Crippen MR) is 96.8 cm³/mol. The van der Waals surface area contributed by atoms with Gasteiger partial charge in [-0.15, -0.1) is 0 Å². The highest BCUT2D eigenvalue weighted by Crippen LogP contribution is 2.35. The van der Waals surface area contributed by atoms with Gasteiger partial charge in [-0.2, -0.15) is 9.79 Å². The zero-order valence-electron chi connectivity index (χ0n) is 13.4. The second-order valence-electron chi connectivity index (χ2n) is 5.87. The molecule has 0 spiro atoms. The molecule has 6 heteroatoms. The van der Waals surface area contributed by atoms with Gasteiger partial charge < -0.3 is 0 Å². The van der Waals surface area contributed by atoms with E-state index in [0.717, 1.165) is 11.1 Å². The van der Waals surface area contributed by atoms with Gasteiger partial charge in [-0.25, -0.2) is 0 Å². The maximum absolute atomic E-state index is 11.7. The van der Waals surface area contributed by atoms with E-state index in [2.05, 4.69) is 0 Å².